The van der Waals surface area contributed by atoms with E-state index in [1.807, 2.05) is 31.2 Å². The first-order valence-corrected chi connectivity index (χ1v) is 6.33. The van der Waals surface area contributed by atoms with Crippen molar-refractivity contribution in [3.8, 4) is 0 Å². The molecule has 0 atom stereocenters. The summed E-state index contributed by atoms with van der Waals surface area (Å²) in [5.74, 6) is 0.609. The van der Waals surface area contributed by atoms with E-state index in [4.69, 9.17) is 5.73 Å². The molecule has 0 aliphatic carbocycles. The van der Waals surface area contributed by atoms with E-state index >= 15 is 0 Å². The number of nitrogens with zero attached hydrogens (tertiary/aromatic N) is 1. The number of hydrogen-bond acceptors (Lipinski definition) is 3. The van der Waals surface area contributed by atoms with Gasteiger partial charge >= 0.3 is 0 Å². The Morgan fingerprint density at radius 1 is 1.32 bits per heavy atom. The molecule has 0 saturated heterocycles. The van der Waals surface area contributed by atoms with Crippen LogP contribution in [0.15, 0.2) is 30.5 Å². The molecule has 0 radical (unpaired) electrons. The first-order chi connectivity index (χ1) is 9.24. The average molecular weight is 258 g/mol. The Hall–Kier alpha value is -2.14. The highest BCUT2D eigenvalue weighted by Crippen LogP contribution is 2.13. The highest BCUT2D eigenvalue weighted by Gasteiger charge is 2.10. The maximum atomic E-state index is 12.0. The zero-order valence-electron chi connectivity index (χ0n) is 10.9. The van der Waals surface area contributed by atoms with Gasteiger partial charge in [0.15, 0.2) is 0 Å². The van der Waals surface area contributed by atoms with Crippen molar-refractivity contribution in [3.05, 3.63) is 47.2 Å². The Balaban J connectivity index is 2.05. The number of H-pyrrole nitrogens is 1. The average Bonchev–Trinajstić information content (AvgIpc) is 2.86. The van der Waals surface area contributed by atoms with Gasteiger partial charge in [-0.2, -0.15) is 5.10 Å². The Morgan fingerprint density at radius 2 is 2.05 bits per heavy atom. The van der Waals surface area contributed by atoms with Gasteiger partial charge in [-0.25, -0.2) is 0 Å². The van der Waals surface area contributed by atoms with Crippen LogP contribution in [0.5, 0.6) is 0 Å². The van der Waals surface area contributed by atoms with Crippen molar-refractivity contribution in [1.29, 1.82) is 0 Å². The van der Waals surface area contributed by atoms with Gasteiger partial charge in [0.25, 0.3) is 0 Å². The van der Waals surface area contributed by atoms with Crippen molar-refractivity contribution in [3.63, 3.8) is 0 Å². The van der Waals surface area contributed by atoms with Crippen LogP contribution in [-0.4, -0.2) is 16.1 Å². The molecule has 0 unspecified atom stereocenters. The van der Waals surface area contributed by atoms with Gasteiger partial charge in [-0.3, -0.25) is 9.89 Å². The number of carbonyl (C=O) groups is 1. The fourth-order valence-corrected chi connectivity index (χ4v) is 1.97. The third-order valence-electron chi connectivity index (χ3n) is 3.05. The number of aromatic nitrogens is 2. The summed E-state index contributed by atoms with van der Waals surface area (Å²) in [6.45, 7) is 2.46. The lowest BCUT2D eigenvalue weighted by atomic mass is 10.0. The first kappa shape index (κ1) is 13.3. The van der Waals surface area contributed by atoms with Crippen LogP contribution >= 0.6 is 0 Å². The summed E-state index contributed by atoms with van der Waals surface area (Å²) in [6, 6.07) is 7.70. The van der Waals surface area contributed by atoms with Crippen molar-refractivity contribution in [1.82, 2.24) is 10.2 Å². The number of nitrogens with two attached hydrogens (primary N) is 1. The van der Waals surface area contributed by atoms with Crippen LogP contribution in [0.25, 0.3) is 0 Å². The summed E-state index contributed by atoms with van der Waals surface area (Å²) in [4.78, 5) is 12.0. The molecular formula is C14H18N4O. The molecule has 0 spiro atoms. The number of aryl methyl sites for hydroxylation is 1. The van der Waals surface area contributed by atoms with E-state index in [9.17, 15) is 4.79 Å². The van der Waals surface area contributed by atoms with Crippen LogP contribution in [0, 0.1) is 0 Å². The van der Waals surface area contributed by atoms with E-state index < -0.39 is 0 Å². The zero-order valence-corrected chi connectivity index (χ0v) is 10.9. The van der Waals surface area contributed by atoms with Gasteiger partial charge in [-0.15, -0.1) is 0 Å². The first-order valence-electron chi connectivity index (χ1n) is 6.33. The molecule has 4 N–H and O–H groups in total. The molecule has 1 aromatic heterocycles. The lowest BCUT2D eigenvalue weighted by molar-refractivity contribution is -0.115. The summed E-state index contributed by atoms with van der Waals surface area (Å²) in [7, 11) is 0. The van der Waals surface area contributed by atoms with E-state index in [1.165, 1.54) is 0 Å². The zero-order chi connectivity index (χ0) is 13.7. The lowest BCUT2D eigenvalue weighted by Gasteiger charge is -2.08. The number of amides is 1. The topological polar surface area (TPSA) is 83.8 Å². The number of anilines is 1. The van der Waals surface area contributed by atoms with E-state index in [2.05, 4.69) is 15.5 Å². The molecule has 1 heterocycles. The van der Waals surface area contributed by atoms with E-state index in [1.54, 1.807) is 6.20 Å². The molecule has 19 heavy (non-hydrogen) atoms. The van der Waals surface area contributed by atoms with Gasteiger partial charge in [-0.1, -0.05) is 31.2 Å². The summed E-state index contributed by atoms with van der Waals surface area (Å²) in [6.07, 6.45) is 2.87. The third kappa shape index (κ3) is 3.20. The standard InChI is InChI=1S/C14H18N4O/c1-2-10-9-16-18-14(10)17-13(19)7-11-5-3-4-6-12(11)8-15/h3-6,9H,2,7-8,15H2,1H3,(H2,16,17,18,19). The van der Waals surface area contributed by atoms with Gasteiger partial charge in [-0.05, 0) is 17.5 Å². The normalized spacial score (nSPS) is 10.4. The van der Waals surface area contributed by atoms with Gasteiger partial charge in [0.2, 0.25) is 5.91 Å². The molecule has 2 rings (SSSR count). The minimum atomic E-state index is -0.0696. The fourth-order valence-electron chi connectivity index (χ4n) is 1.97. The Bertz CT molecular complexity index is 562. The quantitative estimate of drug-likeness (QED) is 0.761. The largest absolute Gasteiger partial charge is 0.326 e. The second kappa shape index (κ2) is 6.15. The van der Waals surface area contributed by atoms with Gasteiger partial charge in [0.1, 0.15) is 5.82 Å². The van der Waals surface area contributed by atoms with Gasteiger partial charge in [0.05, 0.1) is 12.6 Å². The molecule has 0 aliphatic rings. The molecule has 1 amide bonds. The third-order valence-corrected chi connectivity index (χ3v) is 3.05. The molecule has 100 valence electrons. The van der Waals surface area contributed by atoms with E-state index in [0.29, 0.717) is 18.8 Å². The minimum Gasteiger partial charge on any atom is -0.326 e. The van der Waals surface area contributed by atoms with Crippen LogP contribution in [-0.2, 0) is 24.2 Å². The smallest absolute Gasteiger partial charge is 0.229 e. The molecule has 0 bridgehead atoms. The van der Waals surface area contributed by atoms with E-state index in [-0.39, 0.29) is 5.91 Å². The molecule has 0 aliphatic heterocycles. The van der Waals surface area contributed by atoms with Crippen molar-refractivity contribution in [2.45, 2.75) is 26.3 Å². The summed E-state index contributed by atoms with van der Waals surface area (Å²) in [5, 5.41) is 9.57. The number of benzene rings is 1. The van der Waals surface area contributed by atoms with Gasteiger partial charge in [0, 0.05) is 12.1 Å². The van der Waals surface area contributed by atoms with Crippen LogP contribution < -0.4 is 11.1 Å². The molecule has 2 aromatic rings. The van der Waals surface area contributed by atoms with Crippen LogP contribution in [0.4, 0.5) is 5.82 Å². The summed E-state index contributed by atoms with van der Waals surface area (Å²) >= 11 is 0. The number of carbonyl (C=O) groups excluding carboxylic acids is 1. The predicted octanol–water partition coefficient (Wildman–Crippen LogP) is 1.61. The maximum absolute atomic E-state index is 12.0. The summed E-state index contributed by atoms with van der Waals surface area (Å²) in [5.41, 5.74) is 8.62. The lowest BCUT2D eigenvalue weighted by Crippen LogP contribution is -2.17. The second-order valence-electron chi connectivity index (χ2n) is 4.32. The van der Waals surface area contributed by atoms with E-state index in [0.717, 1.165) is 23.1 Å². The second-order valence-corrected chi connectivity index (χ2v) is 4.32. The molecule has 0 fully saturated rings. The molecule has 0 saturated carbocycles. The molecule has 5 heteroatoms. The molecule has 5 nitrogen and oxygen atoms in total. The molecule has 1 aromatic carbocycles. The van der Waals surface area contributed by atoms with Crippen LogP contribution in [0.2, 0.25) is 0 Å². The fraction of sp³-hybridized carbons (Fsp3) is 0.286. The maximum Gasteiger partial charge on any atom is 0.229 e. The Kier molecular flexibility index (Phi) is 4.30. The molecular weight excluding hydrogens is 240 g/mol. The van der Waals surface area contributed by atoms with Crippen molar-refractivity contribution < 1.29 is 4.79 Å². The summed E-state index contributed by atoms with van der Waals surface area (Å²) < 4.78 is 0. The Morgan fingerprint density at radius 3 is 2.74 bits per heavy atom. The monoisotopic (exact) mass is 258 g/mol. The van der Waals surface area contributed by atoms with Crippen molar-refractivity contribution in [2.24, 2.45) is 5.73 Å². The van der Waals surface area contributed by atoms with Crippen molar-refractivity contribution in [2.75, 3.05) is 5.32 Å². The SMILES string of the molecule is CCc1cn[nH]c1NC(=O)Cc1ccccc1CN. The number of rotatable bonds is 5. The highest BCUT2D eigenvalue weighted by molar-refractivity contribution is 5.92. The van der Waals surface area contributed by atoms with Gasteiger partial charge < -0.3 is 11.1 Å². The highest BCUT2D eigenvalue weighted by atomic mass is 16.1. The van der Waals surface area contributed by atoms with Crippen LogP contribution in [0.3, 0.4) is 0 Å². The Labute approximate surface area is 112 Å². The number of hydrogen-bond donors (Lipinski definition) is 3. The number of aromatic amines is 1. The minimum absolute atomic E-state index is 0.0696. The van der Waals surface area contributed by atoms with Crippen LogP contribution in [0.1, 0.15) is 23.6 Å². The number of nitrogens with one attached hydrogen (secondary N) is 2. The predicted molar refractivity (Wildman–Crippen MR) is 74.6 cm³/mol. The van der Waals surface area contributed by atoms with Crippen molar-refractivity contribution >= 4 is 11.7 Å².